The van der Waals surface area contributed by atoms with Gasteiger partial charge in [-0.05, 0) is 61.0 Å². The van der Waals surface area contributed by atoms with E-state index in [0.717, 1.165) is 37.4 Å². The molecule has 0 bridgehead atoms. The summed E-state index contributed by atoms with van der Waals surface area (Å²) in [5.74, 6) is -1.08. The lowest BCUT2D eigenvalue weighted by molar-refractivity contribution is -0.121. The van der Waals surface area contributed by atoms with Crippen LogP contribution in [0.5, 0.6) is 5.88 Å². The number of aromatic nitrogens is 1. The number of aliphatic hydroxyl groups is 1. The number of benzene rings is 1. The molecule has 3 N–H and O–H groups in total. The number of β-amino-alcohol motifs (C(OH)–C–C–N with tert-alkyl or cyclic N) is 1. The lowest BCUT2D eigenvalue weighted by atomic mass is 9.92. The van der Waals surface area contributed by atoms with Gasteiger partial charge in [0, 0.05) is 37.3 Å². The van der Waals surface area contributed by atoms with Crippen molar-refractivity contribution < 1.29 is 23.8 Å². The maximum absolute atomic E-state index is 14.9. The largest absolute Gasteiger partial charge is 0.477 e. The quantitative estimate of drug-likeness (QED) is 0.590. The van der Waals surface area contributed by atoms with Crippen molar-refractivity contribution in [3.63, 3.8) is 0 Å². The topological polar surface area (TPSA) is 109 Å². The Morgan fingerprint density at radius 3 is 2.46 bits per heavy atom. The molecule has 2 saturated heterocycles. The molecule has 2 fully saturated rings. The zero-order chi connectivity index (χ0) is 26.7. The van der Waals surface area contributed by atoms with E-state index < -0.39 is 29.8 Å². The summed E-state index contributed by atoms with van der Waals surface area (Å²) in [5.41, 5.74) is 6.73. The van der Waals surface area contributed by atoms with Crippen molar-refractivity contribution in [1.82, 2.24) is 14.8 Å². The standard InChI is InChI=1S/C28H37FN4O4/c1-28(2,3)17-32-10-8-18(9-11-32)16-37-25-7-5-20(14-31-25)19-4-6-22(23(29)12-19)27(36)33-15-21(34)13-24(33)26(30)35/h4-7,12,14,18,21,24,34H,8-11,13,15-17H2,1-3H3,(H2,30,35)/t21-,24+/m1/s1. The summed E-state index contributed by atoms with van der Waals surface area (Å²) in [6, 6.07) is 6.91. The summed E-state index contributed by atoms with van der Waals surface area (Å²) in [6.07, 6.45) is 3.02. The van der Waals surface area contributed by atoms with Crippen LogP contribution in [-0.4, -0.2) is 76.6 Å². The van der Waals surface area contributed by atoms with E-state index in [-0.39, 0.29) is 18.5 Å². The highest BCUT2D eigenvalue weighted by molar-refractivity contribution is 5.98. The van der Waals surface area contributed by atoms with Gasteiger partial charge in [0.05, 0.1) is 18.3 Å². The number of ether oxygens (including phenoxy) is 1. The summed E-state index contributed by atoms with van der Waals surface area (Å²) in [7, 11) is 0. The molecule has 2 aromatic rings. The predicted molar refractivity (Wildman–Crippen MR) is 138 cm³/mol. The Labute approximate surface area is 217 Å². The number of amides is 2. The number of nitrogens with two attached hydrogens (primary N) is 1. The van der Waals surface area contributed by atoms with Crippen LogP contribution in [0, 0.1) is 17.2 Å². The Kier molecular flexibility index (Phi) is 8.14. The van der Waals surface area contributed by atoms with Gasteiger partial charge in [0.2, 0.25) is 11.8 Å². The number of halogens is 1. The molecule has 1 aromatic carbocycles. The summed E-state index contributed by atoms with van der Waals surface area (Å²) in [6.45, 7) is 10.6. The molecule has 2 aliphatic rings. The Hall–Kier alpha value is -3.04. The number of carbonyl (C=O) groups is 2. The Balaban J connectivity index is 1.33. The van der Waals surface area contributed by atoms with Gasteiger partial charge in [0.15, 0.2) is 0 Å². The molecule has 0 aliphatic carbocycles. The molecule has 0 radical (unpaired) electrons. The molecule has 0 spiro atoms. The van der Waals surface area contributed by atoms with Crippen molar-refractivity contribution in [2.45, 2.75) is 52.2 Å². The van der Waals surface area contributed by atoms with Crippen molar-refractivity contribution in [1.29, 1.82) is 0 Å². The summed E-state index contributed by atoms with van der Waals surface area (Å²) < 4.78 is 20.8. The van der Waals surface area contributed by atoms with E-state index in [2.05, 4.69) is 30.7 Å². The monoisotopic (exact) mass is 512 g/mol. The third kappa shape index (κ3) is 6.84. The van der Waals surface area contributed by atoms with Crippen LogP contribution in [0.2, 0.25) is 0 Å². The molecule has 37 heavy (non-hydrogen) atoms. The van der Waals surface area contributed by atoms with Gasteiger partial charge in [-0.25, -0.2) is 9.37 Å². The van der Waals surface area contributed by atoms with Crippen LogP contribution in [0.1, 0.15) is 50.4 Å². The maximum Gasteiger partial charge on any atom is 0.257 e. The van der Waals surface area contributed by atoms with Crippen LogP contribution in [0.15, 0.2) is 36.5 Å². The predicted octanol–water partition coefficient (Wildman–Crippen LogP) is 3.09. The van der Waals surface area contributed by atoms with Crippen LogP contribution in [0.3, 0.4) is 0 Å². The van der Waals surface area contributed by atoms with Crippen molar-refractivity contribution in [3.8, 4) is 17.0 Å². The minimum Gasteiger partial charge on any atom is -0.477 e. The number of rotatable bonds is 7. The fraction of sp³-hybridized carbons (Fsp3) is 0.536. The molecule has 3 heterocycles. The molecule has 2 atom stereocenters. The summed E-state index contributed by atoms with van der Waals surface area (Å²) in [4.78, 5) is 32.5. The first-order valence-corrected chi connectivity index (χ1v) is 12.9. The third-order valence-corrected chi connectivity index (χ3v) is 7.01. The molecular weight excluding hydrogens is 475 g/mol. The number of pyridine rings is 1. The van der Waals surface area contributed by atoms with Gasteiger partial charge in [0.25, 0.3) is 5.91 Å². The molecule has 1 aromatic heterocycles. The van der Waals surface area contributed by atoms with Gasteiger partial charge in [-0.1, -0.05) is 26.8 Å². The Morgan fingerprint density at radius 2 is 1.86 bits per heavy atom. The number of nitrogens with zero attached hydrogens (tertiary/aromatic N) is 3. The minimum atomic E-state index is -0.950. The number of hydrogen-bond donors (Lipinski definition) is 2. The highest BCUT2D eigenvalue weighted by Crippen LogP contribution is 2.27. The molecule has 8 nitrogen and oxygen atoms in total. The van der Waals surface area contributed by atoms with Gasteiger partial charge in [-0.15, -0.1) is 0 Å². The van der Waals surface area contributed by atoms with Gasteiger partial charge in [-0.3, -0.25) is 9.59 Å². The fourth-order valence-corrected chi connectivity index (χ4v) is 5.15. The number of hydrogen-bond acceptors (Lipinski definition) is 6. The molecular formula is C28H37FN4O4. The Morgan fingerprint density at radius 1 is 1.16 bits per heavy atom. The van der Waals surface area contributed by atoms with Crippen LogP contribution in [0.25, 0.3) is 11.1 Å². The van der Waals surface area contributed by atoms with E-state index in [4.69, 9.17) is 10.5 Å². The average Bonchev–Trinajstić information content (AvgIpc) is 3.24. The first-order chi connectivity index (χ1) is 17.5. The Bertz CT molecular complexity index is 1110. The smallest absolute Gasteiger partial charge is 0.257 e. The van der Waals surface area contributed by atoms with E-state index in [1.54, 1.807) is 18.3 Å². The van der Waals surface area contributed by atoms with E-state index in [1.807, 2.05) is 6.07 Å². The number of carbonyl (C=O) groups excluding carboxylic acids is 2. The number of likely N-dealkylation sites (tertiary alicyclic amines) is 2. The SMILES string of the molecule is CC(C)(C)CN1CCC(COc2ccc(-c3ccc(C(=O)N4C[C@H](O)C[C@H]4C(N)=O)c(F)c3)cn2)CC1. The zero-order valence-electron chi connectivity index (χ0n) is 21.8. The van der Waals surface area contributed by atoms with E-state index >= 15 is 0 Å². The third-order valence-electron chi connectivity index (χ3n) is 7.01. The highest BCUT2D eigenvalue weighted by atomic mass is 19.1. The van der Waals surface area contributed by atoms with Crippen LogP contribution in [0.4, 0.5) is 4.39 Å². The summed E-state index contributed by atoms with van der Waals surface area (Å²) in [5, 5.41) is 9.84. The van der Waals surface area contributed by atoms with Gasteiger partial charge >= 0.3 is 0 Å². The van der Waals surface area contributed by atoms with E-state index in [1.165, 1.54) is 12.1 Å². The van der Waals surface area contributed by atoms with Crippen LogP contribution < -0.4 is 10.5 Å². The highest BCUT2D eigenvalue weighted by Gasteiger charge is 2.38. The number of primary amides is 1. The zero-order valence-corrected chi connectivity index (χ0v) is 21.8. The normalized spacial score (nSPS) is 21.3. The fourth-order valence-electron chi connectivity index (χ4n) is 5.15. The van der Waals surface area contributed by atoms with Crippen molar-refractivity contribution >= 4 is 11.8 Å². The van der Waals surface area contributed by atoms with Crippen LogP contribution >= 0.6 is 0 Å². The van der Waals surface area contributed by atoms with Gasteiger partial charge in [0.1, 0.15) is 11.9 Å². The molecule has 2 aliphatic heterocycles. The molecule has 2 amide bonds. The number of aliphatic hydroxyl groups excluding tert-OH is 1. The minimum absolute atomic E-state index is 0.0528. The number of piperidine rings is 1. The van der Waals surface area contributed by atoms with Gasteiger partial charge < -0.3 is 25.4 Å². The van der Waals surface area contributed by atoms with E-state index in [9.17, 15) is 19.1 Å². The first-order valence-electron chi connectivity index (χ1n) is 12.9. The van der Waals surface area contributed by atoms with Gasteiger partial charge in [-0.2, -0.15) is 0 Å². The molecule has 200 valence electrons. The molecule has 4 rings (SSSR count). The average molecular weight is 513 g/mol. The molecule has 9 heteroatoms. The first kappa shape index (κ1) is 27.0. The van der Waals surface area contributed by atoms with Crippen molar-refractivity contribution in [3.05, 3.63) is 47.9 Å². The van der Waals surface area contributed by atoms with Crippen LogP contribution in [-0.2, 0) is 4.79 Å². The molecule has 0 unspecified atom stereocenters. The van der Waals surface area contributed by atoms with Crippen molar-refractivity contribution in [2.75, 3.05) is 32.8 Å². The second-order valence-electron chi connectivity index (χ2n) is 11.4. The molecule has 0 saturated carbocycles. The second kappa shape index (κ2) is 11.1. The van der Waals surface area contributed by atoms with E-state index in [0.29, 0.717) is 34.9 Å². The lowest BCUT2D eigenvalue weighted by Crippen LogP contribution is -2.44. The summed E-state index contributed by atoms with van der Waals surface area (Å²) >= 11 is 0. The maximum atomic E-state index is 14.9. The lowest BCUT2D eigenvalue weighted by Gasteiger charge is -2.35. The second-order valence-corrected chi connectivity index (χ2v) is 11.4. The van der Waals surface area contributed by atoms with Crippen molar-refractivity contribution in [2.24, 2.45) is 17.1 Å².